The van der Waals surface area contributed by atoms with E-state index in [-0.39, 0.29) is 5.41 Å². The molecule has 1 unspecified atom stereocenters. The Balaban J connectivity index is 2.46. The van der Waals surface area contributed by atoms with E-state index < -0.39 is 0 Å². The van der Waals surface area contributed by atoms with Crippen LogP contribution in [0, 0.1) is 5.41 Å². The van der Waals surface area contributed by atoms with Gasteiger partial charge in [0.05, 0.1) is 12.7 Å². The summed E-state index contributed by atoms with van der Waals surface area (Å²) in [5.74, 6) is 0. The van der Waals surface area contributed by atoms with Crippen LogP contribution < -0.4 is 0 Å². The van der Waals surface area contributed by atoms with Crippen molar-refractivity contribution in [3.63, 3.8) is 0 Å². The molecule has 0 aromatic heterocycles. The van der Waals surface area contributed by atoms with E-state index in [4.69, 9.17) is 4.74 Å². The third-order valence-corrected chi connectivity index (χ3v) is 2.56. The molecule has 0 saturated carbocycles. The van der Waals surface area contributed by atoms with E-state index in [1.54, 1.807) is 0 Å². The lowest BCUT2D eigenvalue weighted by Crippen LogP contribution is -2.47. The fourth-order valence-corrected chi connectivity index (χ4v) is 1.51. The maximum absolute atomic E-state index is 5.73. The zero-order valence-corrected chi connectivity index (χ0v) is 8.76. The highest BCUT2D eigenvalue weighted by molar-refractivity contribution is 4.80. The minimum atomic E-state index is 0.286. The molecule has 0 spiro atoms. The molecular weight excluding hydrogens is 150 g/mol. The van der Waals surface area contributed by atoms with Gasteiger partial charge in [-0.05, 0) is 12.0 Å². The third-order valence-electron chi connectivity index (χ3n) is 2.56. The van der Waals surface area contributed by atoms with Gasteiger partial charge in [-0.2, -0.15) is 0 Å². The van der Waals surface area contributed by atoms with Crippen LogP contribution in [0.25, 0.3) is 0 Å². The summed E-state index contributed by atoms with van der Waals surface area (Å²) >= 11 is 0. The molecule has 1 saturated heterocycles. The van der Waals surface area contributed by atoms with Crippen LogP contribution in [-0.2, 0) is 4.74 Å². The number of morpholine rings is 1. The molecule has 1 atom stereocenters. The molecule has 0 aromatic carbocycles. The van der Waals surface area contributed by atoms with Crippen molar-refractivity contribution in [3.8, 4) is 0 Å². The molecule has 1 aliphatic heterocycles. The standard InChI is InChI=1S/C10H21NO/c1-5-11-6-7-12-9(8-11)10(2,3)4/h9H,5-8H2,1-4H3. The predicted molar refractivity (Wildman–Crippen MR) is 51.3 cm³/mol. The SMILES string of the molecule is CCN1CCOC(C(C)(C)C)C1. The van der Waals surface area contributed by atoms with Crippen molar-refractivity contribution >= 4 is 0 Å². The molecule has 0 N–H and O–H groups in total. The van der Waals surface area contributed by atoms with Crippen molar-refractivity contribution in [2.75, 3.05) is 26.2 Å². The van der Waals surface area contributed by atoms with E-state index in [0.29, 0.717) is 6.10 Å². The highest BCUT2D eigenvalue weighted by atomic mass is 16.5. The average Bonchev–Trinajstić information content (AvgIpc) is 2.03. The van der Waals surface area contributed by atoms with Crippen LogP contribution in [0.3, 0.4) is 0 Å². The summed E-state index contributed by atoms with van der Waals surface area (Å²) in [4.78, 5) is 2.46. The van der Waals surface area contributed by atoms with Crippen molar-refractivity contribution in [3.05, 3.63) is 0 Å². The summed E-state index contributed by atoms with van der Waals surface area (Å²) in [6, 6.07) is 0. The van der Waals surface area contributed by atoms with Crippen LogP contribution in [0.1, 0.15) is 27.7 Å². The Morgan fingerprint density at radius 1 is 1.42 bits per heavy atom. The molecule has 1 rings (SSSR count). The van der Waals surface area contributed by atoms with E-state index in [0.717, 1.165) is 26.2 Å². The zero-order chi connectivity index (χ0) is 9.19. The van der Waals surface area contributed by atoms with E-state index in [2.05, 4.69) is 32.6 Å². The van der Waals surface area contributed by atoms with Crippen LogP contribution in [0.2, 0.25) is 0 Å². The lowest BCUT2D eigenvalue weighted by atomic mass is 9.88. The number of ether oxygens (including phenoxy) is 1. The Hall–Kier alpha value is -0.0800. The van der Waals surface area contributed by atoms with Gasteiger partial charge in [-0.1, -0.05) is 27.7 Å². The monoisotopic (exact) mass is 171 g/mol. The lowest BCUT2D eigenvalue weighted by Gasteiger charge is -2.39. The Morgan fingerprint density at radius 3 is 2.58 bits per heavy atom. The van der Waals surface area contributed by atoms with Gasteiger partial charge in [0, 0.05) is 13.1 Å². The molecule has 1 aliphatic rings. The molecule has 0 amide bonds. The van der Waals surface area contributed by atoms with Crippen LogP contribution in [0.5, 0.6) is 0 Å². The van der Waals surface area contributed by atoms with Crippen LogP contribution in [0.4, 0.5) is 0 Å². The maximum atomic E-state index is 5.73. The Morgan fingerprint density at radius 2 is 2.08 bits per heavy atom. The number of rotatable bonds is 1. The van der Waals surface area contributed by atoms with Crippen molar-refractivity contribution in [2.24, 2.45) is 5.41 Å². The second-order valence-electron chi connectivity index (χ2n) is 4.62. The summed E-state index contributed by atoms with van der Waals surface area (Å²) in [7, 11) is 0. The van der Waals surface area contributed by atoms with Crippen molar-refractivity contribution < 1.29 is 4.74 Å². The Labute approximate surface area is 75.9 Å². The van der Waals surface area contributed by atoms with E-state index >= 15 is 0 Å². The Bertz CT molecular complexity index is 139. The molecule has 1 heterocycles. The molecule has 72 valence electrons. The number of hydrogen-bond donors (Lipinski definition) is 0. The van der Waals surface area contributed by atoms with Gasteiger partial charge in [0.25, 0.3) is 0 Å². The van der Waals surface area contributed by atoms with Gasteiger partial charge in [0.1, 0.15) is 0 Å². The van der Waals surface area contributed by atoms with Crippen LogP contribution in [0.15, 0.2) is 0 Å². The third kappa shape index (κ3) is 2.46. The van der Waals surface area contributed by atoms with Crippen molar-refractivity contribution in [2.45, 2.75) is 33.8 Å². The summed E-state index contributed by atoms with van der Waals surface area (Å²) < 4.78 is 5.73. The van der Waals surface area contributed by atoms with Gasteiger partial charge >= 0.3 is 0 Å². The molecule has 0 aliphatic carbocycles. The normalized spacial score (nSPS) is 27.5. The first-order chi connectivity index (χ1) is 5.54. The van der Waals surface area contributed by atoms with Gasteiger partial charge in [-0.3, -0.25) is 4.90 Å². The van der Waals surface area contributed by atoms with E-state index in [1.807, 2.05) is 0 Å². The summed E-state index contributed by atoms with van der Waals surface area (Å²) in [6.45, 7) is 13.2. The first-order valence-corrected chi connectivity index (χ1v) is 4.88. The zero-order valence-electron chi connectivity index (χ0n) is 8.76. The van der Waals surface area contributed by atoms with Crippen LogP contribution >= 0.6 is 0 Å². The number of nitrogens with zero attached hydrogens (tertiary/aromatic N) is 1. The maximum Gasteiger partial charge on any atom is 0.0750 e. The largest absolute Gasteiger partial charge is 0.375 e. The lowest BCUT2D eigenvalue weighted by molar-refractivity contribution is -0.0781. The second-order valence-corrected chi connectivity index (χ2v) is 4.62. The molecule has 2 heteroatoms. The fourth-order valence-electron chi connectivity index (χ4n) is 1.51. The smallest absolute Gasteiger partial charge is 0.0750 e. The van der Waals surface area contributed by atoms with Gasteiger partial charge in [0.2, 0.25) is 0 Å². The number of hydrogen-bond acceptors (Lipinski definition) is 2. The topological polar surface area (TPSA) is 12.5 Å². The second kappa shape index (κ2) is 3.75. The molecule has 12 heavy (non-hydrogen) atoms. The molecule has 0 radical (unpaired) electrons. The van der Waals surface area contributed by atoms with Gasteiger partial charge in [0.15, 0.2) is 0 Å². The first kappa shape index (κ1) is 10.0. The van der Waals surface area contributed by atoms with Gasteiger partial charge in [-0.25, -0.2) is 0 Å². The summed E-state index contributed by atoms with van der Waals surface area (Å²) in [6.07, 6.45) is 0.409. The average molecular weight is 171 g/mol. The van der Waals surface area contributed by atoms with Gasteiger partial charge < -0.3 is 4.74 Å². The van der Waals surface area contributed by atoms with Crippen LogP contribution in [-0.4, -0.2) is 37.2 Å². The van der Waals surface area contributed by atoms with Crippen molar-refractivity contribution in [1.29, 1.82) is 0 Å². The number of likely N-dealkylation sites (N-methyl/N-ethyl adjacent to an activating group) is 1. The molecule has 2 nitrogen and oxygen atoms in total. The highest BCUT2D eigenvalue weighted by Gasteiger charge is 2.29. The quantitative estimate of drug-likeness (QED) is 0.596. The fraction of sp³-hybridized carbons (Fsp3) is 1.00. The van der Waals surface area contributed by atoms with E-state index in [9.17, 15) is 0 Å². The first-order valence-electron chi connectivity index (χ1n) is 4.88. The molecule has 0 bridgehead atoms. The highest BCUT2D eigenvalue weighted by Crippen LogP contribution is 2.24. The predicted octanol–water partition coefficient (Wildman–Crippen LogP) is 1.75. The minimum Gasteiger partial charge on any atom is -0.375 e. The van der Waals surface area contributed by atoms with Crippen molar-refractivity contribution in [1.82, 2.24) is 4.90 Å². The molecule has 1 fully saturated rings. The molecule has 0 aromatic rings. The summed E-state index contributed by atoms with van der Waals surface area (Å²) in [5.41, 5.74) is 0.286. The Kier molecular flexibility index (Phi) is 3.13. The summed E-state index contributed by atoms with van der Waals surface area (Å²) in [5, 5.41) is 0. The van der Waals surface area contributed by atoms with Gasteiger partial charge in [-0.15, -0.1) is 0 Å². The molecular formula is C10H21NO. The van der Waals surface area contributed by atoms with E-state index in [1.165, 1.54) is 0 Å². The minimum absolute atomic E-state index is 0.286.